The van der Waals surface area contributed by atoms with Crippen LogP contribution in [0, 0.1) is 11.3 Å². The van der Waals surface area contributed by atoms with Crippen molar-refractivity contribution in [2.45, 2.75) is 4.90 Å². The fourth-order valence-corrected chi connectivity index (χ4v) is 1.81. The van der Waals surface area contributed by atoms with Crippen LogP contribution in [0.5, 0.6) is 0 Å². The maximum atomic E-state index is 11.6. The number of amides is 1. The molecule has 0 heterocycles. The largest absolute Gasteiger partial charge is 0.368 e. The SMILES string of the molecule is N#Cc1cccc(S(=O)(=O)NOCC(N)=O)c1. The molecular formula is C9H9N3O4S. The lowest BCUT2D eigenvalue weighted by Crippen LogP contribution is -2.29. The smallest absolute Gasteiger partial charge is 0.262 e. The molecule has 0 aliphatic rings. The second-order valence-corrected chi connectivity index (χ2v) is 4.63. The van der Waals surface area contributed by atoms with Crippen molar-refractivity contribution >= 4 is 15.9 Å². The molecule has 8 heteroatoms. The van der Waals surface area contributed by atoms with Gasteiger partial charge in [0.1, 0.15) is 6.61 Å². The lowest BCUT2D eigenvalue weighted by atomic mass is 10.2. The zero-order valence-corrected chi connectivity index (χ0v) is 9.40. The molecule has 0 atom stereocenters. The number of rotatable bonds is 5. The Morgan fingerprint density at radius 3 is 2.82 bits per heavy atom. The summed E-state index contributed by atoms with van der Waals surface area (Å²) in [5.41, 5.74) is 4.96. The van der Waals surface area contributed by atoms with Crippen LogP contribution in [0.1, 0.15) is 5.56 Å². The Balaban J connectivity index is 2.83. The van der Waals surface area contributed by atoms with Gasteiger partial charge in [0.25, 0.3) is 10.0 Å². The lowest BCUT2D eigenvalue weighted by molar-refractivity contribution is -0.123. The van der Waals surface area contributed by atoms with Gasteiger partial charge in [-0.1, -0.05) is 11.0 Å². The maximum Gasteiger partial charge on any atom is 0.262 e. The highest BCUT2D eigenvalue weighted by Gasteiger charge is 2.14. The van der Waals surface area contributed by atoms with Gasteiger partial charge in [-0.15, -0.1) is 0 Å². The van der Waals surface area contributed by atoms with Crippen LogP contribution in [0.15, 0.2) is 29.2 Å². The molecule has 0 unspecified atom stereocenters. The Bertz CT molecular complexity index is 562. The Morgan fingerprint density at radius 1 is 1.53 bits per heavy atom. The van der Waals surface area contributed by atoms with E-state index in [9.17, 15) is 13.2 Å². The molecule has 0 fully saturated rings. The van der Waals surface area contributed by atoms with Crippen molar-refractivity contribution < 1.29 is 18.0 Å². The van der Waals surface area contributed by atoms with Gasteiger partial charge in [-0.05, 0) is 18.2 Å². The summed E-state index contributed by atoms with van der Waals surface area (Å²) in [7, 11) is -3.92. The lowest BCUT2D eigenvalue weighted by Gasteiger charge is -2.05. The predicted molar refractivity (Wildman–Crippen MR) is 56.6 cm³/mol. The third-order valence-corrected chi connectivity index (χ3v) is 2.87. The molecule has 0 saturated carbocycles. The first kappa shape index (κ1) is 13.1. The number of sulfonamides is 1. The fraction of sp³-hybridized carbons (Fsp3) is 0.111. The van der Waals surface area contributed by atoms with E-state index in [-0.39, 0.29) is 10.5 Å². The fourth-order valence-electron chi connectivity index (χ4n) is 0.959. The molecule has 90 valence electrons. The van der Waals surface area contributed by atoms with Crippen molar-refractivity contribution in [3.63, 3.8) is 0 Å². The van der Waals surface area contributed by atoms with Gasteiger partial charge in [0.15, 0.2) is 0 Å². The van der Waals surface area contributed by atoms with Gasteiger partial charge >= 0.3 is 0 Å². The molecule has 0 radical (unpaired) electrons. The highest BCUT2D eigenvalue weighted by Crippen LogP contribution is 2.10. The van der Waals surface area contributed by atoms with E-state index in [2.05, 4.69) is 4.84 Å². The number of nitriles is 1. The molecule has 1 aromatic rings. The number of hydrogen-bond acceptors (Lipinski definition) is 5. The summed E-state index contributed by atoms with van der Waals surface area (Å²) in [6.07, 6.45) is 0. The minimum absolute atomic E-state index is 0.138. The van der Waals surface area contributed by atoms with E-state index >= 15 is 0 Å². The number of nitrogens with two attached hydrogens (primary N) is 1. The first-order valence-corrected chi connectivity index (χ1v) is 5.86. The van der Waals surface area contributed by atoms with Crippen LogP contribution in [0.4, 0.5) is 0 Å². The van der Waals surface area contributed by atoms with E-state index in [0.717, 1.165) is 0 Å². The average molecular weight is 255 g/mol. The van der Waals surface area contributed by atoms with E-state index in [1.54, 1.807) is 11.0 Å². The number of benzene rings is 1. The van der Waals surface area contributed by atoms with Crippen LogP contribution in [0.3, 0.4) is 0 Å². The van der Waals surface area contributed by atoms with Crippen molar-refractivity contribution in [2.24, 2.45) is 5.73 Å². The molecule has 0 aromatic heterocycles. The van der Waals surface area contributed by atoms with Gasteiger partial charge in [-0.3, -0.25) is 9.63 Å². The number of primary amides is 1. The normalized spacial score (nSPS) is 10.8. The Labute approximate surface area is 97.8 Å². The molecule has 1 rings (SSSR count). The Hall–Kier alpha value is -1.95. The molecular weight excluding hydrogens is 246 g/mol. The van der Waals surface area contributed by atoms with Crippen molar-refractivity contribution in [1.82, 2.24) is 4.89 Å². The summed E-state index contributed by atoms with van der Waals surface area (Å²) < 4.78 is 23.2. The topological polar surface area (TPSA) is 122 Å². The third-order valence-electron chi connectivity index (χ3n) is 1.66. The predicted octanol–water partition coefficient (Wildman–Crippen LogP) is -0.747. The highest BCUT2D eigenvalue weighted by molar-refractivity contribution is 7.89. The number of hydrogen-bond donors (Lipinski definition) is 2. The Kier molecular flexibility index (Phi) is 4.17. The van der Waals surface area contributed by atoms with Gasteiger partial charge in [-0.2, -0.15) is 5.26 Å². The summed E-state index contributed by atoms with van der Waals surface area (Å²) in [5, 5.41) is 8.62. The molecule has 0 aliphatic carbocycles. The van der Waals surface area contributed by atoms with Crippen LogP contribution in [0.25, 0.3) is 0 Å². The molecule has 1 amide bonds. The molecule has 0 saturated heterocycles. The number of carbonyl (C=O) groups excluding carboxylic acids is 1. The van der Waals surface area contributed by atoms with Crippen LogP contribution in [-0.4, -0.2) is 20.9 Å². The summed E-state index contributed by atoms with van der Waals surface area (Å²) in [6, 6.07) is 7.15. The van der Waals surface area contributed by atoms with Crippen molar-refractivity contribution in [2.75, 3.05) is 6.61 Å². The van der Waals surface area contributed by atoms with E-state index < -0.39 is 22.5 Å². The Morgan fingerprint density at radius 2 is 2.24 bits per heavy atom. The second-order valence-electron chi connectivity index (χ2n) is 2.98. The van der Waals surface area contributed by atoms with Gasteiger partial charge < -0.3 is 5.73 Å². The summed E-state index contributed by atoms with van der Waals surface area (Å²) in [5.74, 6) is -0.807. The minimum Gasteiger partial charge on any atom is -0.368 e. The molecule has 1 aromatic carbocycles. The standard InChI is InChI=1S/C9H9N3O4S/c10-5-7-2-1-3-8(4-7)17(14,15)12-16-6-9(11)13/h1-4,12H,6H2,(H2,11,13). The van der Waals surface area contributed by atoms with Crippen molar-refractivity contribution in [3.05, 3.63) is 29.8 Å². The highest BCUT2D eigenvalue weighted by atomic mass is 32.2. The first-order valence-electron chi connectivity index (χ1n) is 4.38. The quantitative estimate of drug-likeness (QED) is 0.670. The zero-order chi connectivity index (χ0) is 12.9. The average Bonchev–Trinajstić information content (AvgIpc) is 2.28. The van der Waals surface area contributed by atoms with E-state index in [1.165, 1.54) is 24.3 Å². The summed E-state index contributed by atoms with van der Waals surface area (Å²) >= 11 is 0. The maximum absolute atomic E-state index is 11.6. The molecule has 0 spiro atoms. The van der Waals surface area contributed by atoms with Gasteiger partial charge in [0, 0.05) is 0 Å². The van der Waals surface area contributed by atoms with Crippen LogP contribution in [-0.2, 0) is 19.7 Å². The van der Waals surface area contributed by atoms with Gasteiger partial charge in [0.2, 0.25) is 5.91 Å². The van der Waals surface area contributed by atoms with Crippen molar-refractivity contribution in [1.29, 1.82) is 5.26 Å². The van der Waals surface area contributed by atoms with E-state index in [1.807, 2.05) is 0 Å². The molecule has 3 N–H and O–H groups in total. The first-order chi connectivity index (χ1) is 7.95. The summed E-state index contributed by atoms with van der Waals surface area (Å²) in [4.78, 5) is 16.3. The minimum atomic E-state index is -3.92. The zero-order valence-electron chi connectivity index (χ0n) is 8.58. The number of carbonyl (C=O) groups is 1. The van der Waals surface area contributed by atoms with Crippen LogP contribution < -0.4 is 10.6 Å². The number of nitrogens with one attached hydrogen (secondary N) is 1. The molecule has 17 heavy (non-hydrogen) atoms. The molecule has 7 nitrogen and oxygen atoms in total. The van der Waals surface area contributed by atoms with Gasteiger partial charge in [0.05, 0.1) is 16.5 Å². The van der Waals surface area contributed by atoms with Crippen molar-refractivity contribution in [3.8, 4) is 6.07 Å². The van der Waals surface area contributed by atoms with Crippen LogP contribution in [0.2, 0.25) is 0 Å². The molecule has 0 bridgehead atoms. The van der Waals surface area contributed by atoms with Gasteiger partial charge in [-0.25, -0.2) is 8.42 Å². The van der Waals surface area contributed by atoms with E-state index in [4.69, 9.17) is 11.0 Å². The second kappa shape index (κ2) is 5.40. The monoisotopic (exact) mass is 255 g/mol. The van der Waals surface area contributed by atoms with E-state index in [0.29, 0.717) is 0 Å². The third kappa shape index (κ3) is 3.84. The number of nitrogens with zero attached hydrogens (tertiary/aromatic N) is 1. The molecule has 0 aliphatic heterocycles. The summed E-state index contributed by atoms with van der Waals surface area (Å²) in [6.45, 7) is -0.572. The van der Waals surface area contributed by atoms with Crippen LogP contribution >= 0.6 is 0 Å².